The van der Waals surface area contributed by atoms with E-state index in [0.29, 0.717) is 6.54 Å². The first-order valence-electron chi connectivity index (χ1n) is 10.8. The Morgan fingerprint density at radius 2 is 1.96 bits per heavy atom. The van der Waals surface area contributed by atoms with E-state index in [9.17, 15) is 5.11 Å². The summed E-state index contributed by atoms with van der Waals surface area (Å²) in [6.45, 7) is 9.43. The summed E-state index contributed by atoms with van der Waals surface area (Å²) >= 11 is 0. The van der Waals surface area contributed by atoms with Crippen molar-refractivity contribution in [1.82, 2.24) is 14.8 Å². The summed E-state index contributed by atoms with van der Waals surface area (Å²) in [6, 6.07) is 8.80. The zero-order chi connectivity index (χ0) is 19.5. The molecule has 5 nitrogen and oxygen atoms in total. The molecule has 1 aromatic heterocycles. The Balaban J connectivity index is 1.57. The number of anilines is 1. The molecule has 2 saturated heterocycles. The highest BCUT2D eigenvalue weighted by Gasteiger charge is 2.22. The van der Waals surface area contributed by atoms with Crippen LogP contribution < -0.4 is 4.90 Å². The first-order chi connectivity index (χ1) is 13.6. The molecule has 5 heteroatoms. The van der Waals surface area contributed by atoms with Crippen LogP contribution in [0.2, 0.25) is 0 Å². The van der Waals surface area contributed by atoms with Crippen LogP contribution in [-0.4, -0.2) is 72.3 Å². The van der Waals surface area contributed by atoms with Gasteiger partial charge in [0.1, 0.15) is 5.82 Å². The van der Waals surface area contributed by atoms with Crippen LogP contribution in [0.25, 0.3) is 10.9 Å². The van der Waals surface area contributed by atoms with E-state index in [1.54, 1.807) is 0 Å². The third kappa shape index (κ3) is 4.65. The fraction of sp³-hybridized carbons (Fsp3) is 0.609. The largest absolute Gasteiger partial charge is 0.391 e. The minimum Gasteiger partial charge on any atom is -0.391 e. The number of likely N-dealkylation sites (tertiary alicyclic amines) is 1. The molecule has 0 bridgehead atoms. The summed E-state index contributed by atoms with van der Waals surface area (Å²) in [5, 5.41) is 11.4. The zero-order valence-corrected chi connectivity index (χ0v) is 17.4. The van der Waals surface area contributed by atoms with Gasteiger partial charge in [-0.2, -0.15) is 0 Å². The van der Waals surface area contributed by atoms with Crippen LogP contribution in [0.1, 0.15) is 36.8 Å². The number of aromatic nitrogens is 1. The number of benzene rings is 1. The molecule has 4 rings (SSSR count). The predicted octanol–water partition coefficient (Wildman–Crippen LogP) is 3.03. The standard InChI is InChI=1S/C23H34N4O/c1-18-7-8-22-19(14-18)15-20(16-25(2)12-13-26-9-3-4-10-26)23(24-22)27-11-5-6-21(28)17-27/h7-8,14-15,21,28H,3-6,9-13,16-17H2,1-2H3/t21-/m0/s1. The first-order valence-corrected chi connectivity index (χ1v) is 10.8. The van der Waals surface area contributed by atoms with E-state index in [-0.39, 0.29) is 6.10 Å². The van der Waals surface area contributed by atoms with E-state index < -0.39 is 0 Å². The molecule has 0 saturated carbocycles. The molecule has 1 aromatic carbocycles. The maximum atomic E-state index is 10.2. The molecular weight excluding hydrogens is 348 g/mol. The van der Waals surface area contributed by atoms with Crippen LogP contribution in [0.15, 0.2) is 24.3 Å². The van der Waals surface area contributed by atoms with Crippen molar-refractivity contribution < 1.29 is 5.11 Å². The molecule has 2 fully saturated rings. The van der Waals surface area contributed by atoms with Gasteiger partial charge in [0.05, 0.1) is 11.6 Å². The number of aliphatic hydroxyl groups excluding tert-OH is 1. The Hall–Kier alpha value is -1.69. The van der Waals surface area contributed by atoms with Crippen LogP contribution in [0.5, 0.6) is 0 Å². The second-order valence-electron chi connectivity index (χ2n) is 8.70. The SMILES string of the molecule is Cc1ccc2nc(N3CCC[C@H](O)C3)c(CN(C)CCN3CCCC3)cc2c1. The van der Waals surface area contributed by atoms with Crippen molar-refractivity contribution in [2.24, 2.45) is 0 Å². The fourth-order valence-electron chi connectivity index (χ4n) is 4.56. The van der Waals surface area contributed by atoms with Gasteiger partial charge in [0, 0.05) is 43.7 Å². The Kier molecular flexibility index (Phi) is 6.14. The molecule has 0 radical (unpaired) electrons. The Bertz CT molecular complexity index is 803. The maximum Gasteiger partial charge on any atom is 0.133 e. The number of pyridine rings is 1. The fourth-order valence-corrected chi connectivity index (χ4v) is 4.56. The van der Waals surface area contributed by atoms with Crippen LogP contribution in [0, 0.1) is 6.92 Å². The van der Waals surface area contributed by atoms with E-state index in [1.807, 2.05) is 0 Å². The molecule has 1 atom stereocenters. The number of aliphatic hydroxyl groups is 1. The Morgan fingerprint density at radius 1 is 1.14 bits per heavy atom. The van der Waals surface area contributed by atoms with Crippen LogP contribution in [0.4, 0.5) is 5.82 Å². The lowest BCUT2D eigenvalue weighted by molar-refractivity contribution is 0.153. The minimum atomic E-state index is -0.245. The summed E-state index contributed by atoms with van der Waals surface area (Å²) in [5.41, 5.74) is 3.59. The van der Waals surface area contributed by atoms with Crippen molar-refractivity contribution in [3.05, 3.63) is 35.4 Å². The van der Waals surface area contributed by atoms with Crippen LogP contribution in [-0.2, 0) is 6.54 Å². The number of nitrogens with zero attached hydrogens (tertiary/aromatic N) is 4. The molecule has 3 heterocycles. The molecule has 0 amide bonds. The number of aryl methyl sites for hydroxylation is 1. The van der Waals surface area contributed by atoms with Crippen molar-refractivity contribution in [3.8, 4) is 0 Å². The lowest BCUT2D eigenvalue weighted by Crippen LogP contribution is -2.39. The smallest absolute Gasteiger partial charge is 0.133 e. The number of rotatable bonds is 6. The zero-order valence-electron chi connectivity index (χ0n) is 17.4. The van der Waals surface area contributed by atoms with Crippen molar-refractivity contribution >= 4 is 16.7 Å². The monoisotopic (exact) mass is 382 g/mol. The van der Waals surface area contributed by atoms with Gasteiger partial charge in [0.15, 0.2) is 0 Å². The van der Waals surface area contributed by atoms with Crippen molar-refractivity contribution in [2.45, 2.75) is 45.3 Å². The van der Waals surface area contributed by atoms with Gasteiger partial charge < -0.3 is 19.8 Å². The Labute approximate surface area is 169 Å². The summed E-state index contributed by atoms with van der Waals surface area (Å²) in [7, 11) is 2.21. The average molecular weight is 383 g/mol. The number of hydrogen-bond acceptors (Lipinski definition) is 5. The number of hydrogen-bond donors (Lipinski definition) is 1. The summed E-state index contributed by atoms with van der Waals surface area (Å²) in [4.78, 5) is 12.3. The quantitative estimate of drug-likeness (QED) is 0.832. The summed E-state index contributed by atoms with van der Waals surface area (Å²) < 4.78 is 0. The molecule has 2 aliphatic rings. The third-order valence-electron chi connectivity index (χ3n) is 6.16. The lowest BCUT2D eigenvalue weighted by atomic mass is 10.1. The van der Waals surface area contributed by atoms with Gasteiger partial charge in [-0.3, -0.25) is 0 Å². The predicted molar refractivity (Wildman–Crippen MR) is 116 cm³/mol. The molecule has 0 unspecified atom stereocenters. The number of likely N-dealkylation sites (N-methyl/N-ethyl adjacent to an activating group) is 1. The van der Waals surface area contributed by atoms with Crippen molar-refractivity contribution in [3.63, 3.8) is 0 Å². The van der Waals surface area contributed by atoms with Gasteiger partial charge >= 0.3 is 0 Å². The van der Waals surface area contributed by atoms with Gasteiger partial charge in [-0.05, 0) is 70.9 Å². The number of β-amino-alcohol motifs (C(OH)–C–C–N with tert-alkyl or cyclic N) is 1. The summed E-state index contributed by atoms with van der Waals surface area (Å²) in [5.74, 6) is 1.06. The van der Waals surface area contributed by atoms with E-state index in [4.69, 9.17) is 4.98 Å². The maximum absolute atomic E-state index is 10.2. The normalized spacial score (nSPS) is 21.1. The van der Waals surface area contributed by atoms with Crippen molar-refractivity contribution in [2.75, 3.05) is 51.2 Å². The molecule has 2 aromatic rings. The van der Waals surface area contributed by atoms with Gasteiger partial charge in [-0.1, -0.05) is 11.6 Å². The first kappa shape index (κ1) is 19.6. The number of piperidine rings is 1. The molecule has 0 aliphatic carbocycles. The van der Waals surface area contributed by atoms with E-state index in [0.717, 1.165) is 50.4 Å². The van der Waals surface area contributed by atoms with E-state index in [1.165, 1.54) is 42.4 Å². The van der Waals surface area contributed by atoms with Crippen LogP contribution in [0.3, 0.4) is 0 Å². The molecular formula is C23H34N4O. The number of fused-ring (bicyclic) bond motifs is 1. The average Bonchev–Trinajstić information content (AvgIpc) is 3.19. The Morgan fingerprint density at radius 3 is 2.75 bits per heavy atom. The second kappa shape index (κ2) is 8.76. The molecule has 152 valence electrons. The highest BCUT2D eigenvalue weighted by Crippen LogP contribution is 2.28. The van der Waals surface area contributed by atoms with E-state index in [2.05, 4.69) is 52.9 Å². The molecule has 1 N–H and O–H groups in total. The lowest BCUT2D eigenvalue weighted by Gasteiger charge is -2.33. The second-order valence-corrected chi connectivity index (χ2v) is 8.70. The molecule has 2 aliphatic heterocycles. The van der Waals surface area contributed by atoms with Crippen LogP contribution >= 0.6 is 0 Å². The summed E-state index contributed by atoms with van der Waals surface area (Å²) in [6.07, 6.45) is 4.37. The van der Waals surface area contributed by atoms with E-state index >= 15 is 0 Å². The highest BCUT2D eigenvalue weighted by molar-refractivity contribution is 5.82. The van der Waals surface area contributed by atoms with Gasteiger partial charge in [-0.15, -0.1) is 0 Å². The van der Waals surface area contributed by atoms with Gasteiger partial charge in [0.2, 0.25) is 0 Å². The molecule has 28 heavy (non-hydrogen) atoms. The van der Waals surface area contributed by atoms with Gasteiger partial charge in [0.25, 0.3) is 0 Å². The minimum absolute atomic E-state index is 0.245. The highest BCUT2D eigenvalue weighted by atomic mass is 16.3. The van der Waals surface area contributed by atoms with Crippen molar-refractivity contribution in [1.29, 1.82) is 0 Å². The van der Waals surface area contributed by atoms with Gasteiger partial charge in [-0.25, -0.2) is 4.98 Å². The molecule has 0 spiro atoms. The third-order valence-corrected chi connectivity index (χ3v) is 6.16. The topological polar surface area (TPSA) is 42.8 Å².